The topological polar surface area (TPSA) is 61.9 Å². The number of anilines is 1. The lowest BCUT2D eigenvalue weighted by Gasteiger charge is -2.46. The number of piperidine rings is 1. The smallest absolute Gasteiger partial charge is 0.409 e. The number of benzene rings is 1. The minimum Gasteiger partial charge on any atom is -0.450 e. The highest BCUT2D eigenvalue weighted by atomic mass is 16.6. The molecule has 30 heavy (non-hydrogen) atoms. The lowest BCUT2D eigenvalue weighted by atomic mass is 9.68. The molecule has 3 fully saturated rings. The molecule has 0 bridgehead atoms. The summed E-state index contributed by atoms with van der Waals surface area (Å²) in [5.41, 5.74) is 2.18. The molecule has 0 unspecified atom stereocenters. The highest BCUT2D eigenvalue weighted by Gasteiger charge is 2.50. The van der Waals surface area contributed by atoms with Crippen LogP contribution in [0, 0.1) is 5.41 Å². The van der Waals surface area contributed by atoms with Crippen molar-refractivity contribution in [1.82, 2.24) is 9.80 Å². The van der Waals surface area contributed by atoms with E-state index in [4.69, 9.17) is 4.74 Å². The molecule has 3 aliphatic heterocycles. The average molecular weight is 412 g/mol. The number of hydrogen-bond acceptors (Lipinski definition) is 4. The predicted octanol–water partition coefficient (Wildman–Crippen LogP) is 3.76. The number of carbonyl (C=O) groups is 2. The summed E-state index contributed by atoms with van der Waals surface area (Å²) < 4.78 is 5.20. The first-order valence-electron chi connectivity index (χ1n) is 11.6. The van der Waals surface area contributed by atoms with Crippen LogP contribution in [0.25, 0.3) is 0 Å². The summed E-state index contributed by atoms with van der Waals surface area (Å²) in [6.45, 7) is 6.21. The number of likely N-dealkylation sites (tertiary alicyclic amines) is 2. The number of fused-ring (bicyclic) bond motifs is 2. The van der Waals surface area contributed by atoms with E-state index in [0.717, 1.165) is 76.8 Å². The Morgan fingerprint density at radius 1 is 1.10 bits per heavy atom. The third kappa shape index (κ3) is 3.20. The van der Waals surface area contributed by atoms with Crippen LogP contribution in [-0.2, 0) is 14.9 Å². The maximum atomic E-state index is 12.8. The Morgan fingerprint density at radius 2 is 1.80 bits per heavy atom. The molecule has 1 aromatic carbocycles. The SMILES string of the molecule is CCOC(=O)N1CCC2(CCN(C3CCC4(CC3)C(=O)Nc3ccccc34)CC2)C1. The zero-order valence-electron chi connectivity index (χ0n) is 18.0. The summed E-state index contributed by atoms with van der Waals surface area (Å²) in [6.07, 6.45) is 7.33. The molecule has 2 saturated heterocycles. The van der Waals surface area contributed by atoms with Crippen molar-refractivity contribution in [3.8, 4) is 0 Å². The maximum Gasteiger partial charge on any atom is 0.409 e. The van der Waals surface area contributed by atoms with E-state index in [0.29, 0.717) is 12.6 Å². The van der Waals surface area contributed by atoms with Crippen molar-refractivity contribution < 1.29 is 14.3 Å². The Labute approximate surface area is 178 Å². The molecule has 0 aromatic heterocycles. The van der Waals surface area contributed by atoms with Crippen molar-refractivity contribution in [3.63, 3.8) is 0 Å². The monoisotopic (exact) mass is 411 g/mol. The average Bonchev–Trinajstić information content (AvgIpc) is 3.30. The quantitative estimate of drug-likeness (QED) is 0.805. The molecule has 162 valence electrons. The summed E-state index contributed by atoms with van der Waals surface area (Å²) in [5, 5.41) is 3.11. The molecule has 6 nitrogen and oxygen atoms in total. The van der Waals surface area contributed by atoms with Crippen LogP contribution in [0.15, 0.2) is 24.3 Å². The molecule has 3 heterocycles. The van der Waals surface area contributed by atoms with Crippen LogP contribution in [0.4, 0.5) is 10.5 Å². The van der Waals surface area contributed by atoms with Crippen molar-refractivity contribution >= 4 is 17.7 Å². The summed E-state index contributed by atoms with van der Waals surface area (Å²) in [6, 6.07) is 8.79. The summed E-state index contributed by atoms with van der Waals surface area (Å²) in [5.74, 6) is 0.199. The second-order valence-corrected chi connectivity index (χ2v) is 9.72. The highest BCUT2D eigenvalue weighted by Crippen LogP contribution is 2.49. The van der Waals surface area contributed by atoms with Gasteiger partial charge in [0.15, 0.2) is 0 Å². The normalized spacial score (nSPS) is 30.5. The van der Waals surface area contributed by atoms with E-state index in [1.54, 1.807) is 0 Å². The number of nitrogens with one attached hydrogen (secondary N) is 1. The molecule has 1 aromatic rings. The van der Waals surface area contributed by atoms with Crippen molar-refractivity contribution in [2.75, 3.05) is 38.1 Å². The minimum atomic E-state index is -0.310. The molecule has 2 amide bonds. The largest absolute Gasteiger partial charge is 0.450 e. The van der Waals surface area contributed by atoms with Crippen molar-refractivity contribution in [2.24, 2.45) is 5.41 Å². The third-order valence-electron chi connectivity index (χ3n) is 8.27. The molecule has 2 spiro atoms. The second kappa shape index (κ2) is 7.56. The van der Waals surface area contributed by atoms with Gasteiger partial charge in [0.25, 0.3) is 0 Å². The molecular formula is C24H33N3O3. The van der Waals surface area contributed by atoms with Gasteiger partial charge >= 0.3 is 6.09 Å². The molecule has 1 N–H and O–H groups in total. The van der Waals surface area contributed by atoms with Crippen molar-refractivity contribution in [3.05, 3.63) is 29.8 Å². The van der Waals surface area contributed by atoms with Gasteiger partial charge in [-0.15, -0.1) is 0 Å². The Balaban J connectivity index is 1.18. The van der Waals surface area contributed by atoms with E-state index in [1.165, 1.54) is 5.56 Å². The van der Waals surface area contributed by atoms with Crippen LogP contribution >= 0.6 is 0 Å². The Morgan fingerprint density at radius 3 is 2.53 bits per heavy atom. The number of nitrogens with zero attached hydrogens (tertiary/aromatic N) is 2. The maximum absolute atomic E-state index is 12.8. The number of para-hydroxylation sites is 1. The fraction of sp³-hybridized carbons (Fsp3) is 0.667. The fourth-order valence-electron chi connectivity index (χ4n) is 6.41. The van der Waals surface area contributed by atoms with E-state index in [9.17, 15) is 9.59 Å². The molecule has 4 aliphatic rings. The van der Waals surface area contributed by atoms with E-state index in [2.05, 4.69) is 22.3 Å². The summed E-state index contributed by atoms with van der Waals surface area (Å²) in [7, 11) is 0. The van der Waals surface area contributed by atoms with Crippen LogP contribution < -0.4 is 5.32 Å². The molecule has 1 saturated carbocycles. The van der Waals surface area contributed by atoms with Crippen LogP contribution in [0.2, 0.25) is 0 Å². The van der Waals surface area contributed by atoms with E-state index in [-0.39, 0.29) is 22.8 Å². The number of ether oxygens (including phenoxy) is 1. The lowest BCUT2D eigenvalue weighted by Crippen LogP contribution is -2.50. The molecule has 0 atom stereocenters. The zero-order chi connectivity index (χ0) is 20.8. The number of rotatable bonds is 2. The minimum absolute atomic E-state index is 0.149. The fourth-order valence-corrected chi connectivity index (χ4v) is 6.41. The van der Waals surface area contributed by atoms with Gasteiger partial charge in [-0.1, -0.05) is 18.2 Å². The number of amides is 2. The van der Waals surface area contributed by atoms with Gasteiger partial charge in [-0.25, -0.2) is 4.79 Å². The summed E-state index contributed by atoms with van der Waals surface area (Å²) >= 11 is 0. The first-order chi connectivity index (χ1) is 14.6. The van der Waals surface area contributed by atoms with Gasteiger partial charge in [0.1, 0.15) is 0 Å². The van der Waals surface area contributed by atoms with E-state index in [1.807, 2.05) is 24.0 Å². The highest BCUT2D eigenvalue weighted by molar-refractivity contribution is 6.06. The van der Waals surface area contributed by atoms with Gasteiger partial charge < -0.3 is 19.9 Å². The van der Waals surface area contributed by atoms with Gasteiger partial charge in [-0.2, -0.15) is 0 Å². The molecule has 0 radical (unpaired) electrons. The van der Waals surface area contributed by atoms with Crippen LogP contribution in [0.3, 0.4) is 0 Å². The molecule has 1 aliphatic carbocycles. The Hall–Kier alpha value is -2.08. The van der Waals surface area contributed by atoms with E-state index >= 15 is 0 Å². The molecule has 5 rings (SSSR count). The van der Waals surface area contributed by atoms with Gasteiger partial charge in [0, 0.05) is 24.8 Å². The molecule has 6 heteroatoms. The second-order valence-electron chi connectivity index (χ2n) is 9.72. The van der Waals surface area contributed by atoms with Gasteiger partial charge in [0.2, 0.25) is 5.91 Å². The summed E-state index contributed by atoms with van der Waals surface area (Å²) in [4.78, 5) is 29.5. The number of carbonyl (C=O) groups excluding carboxylic acids is 2. The first kappa shape index (κ1) is 19.9. The van der Waals surface area contributed by atoms with Crippen molar-refractivity contribution in [1.29, 1.82) is 0 Å². The van der Waals surface area contributed by atoms with Gasteiger partial charge in [0.05, 0.1) is 12.0 Å². The van der Waals surface area contributed by atoms with Crippen LogP contribution in [-0.4, -0.2) is 60.6 Å². The van der Waals surface area contributed by atoms with Crippen molar-refractivity contribution in [2.45, 2.75) is 63.3 Å². The lowest BCUT2D eigenvalue weighted by molar-refractivity contribution is -0.122. The Bertz CT molecular complexity index is 823. The van der Waals surface area contributed by atoms with E-state index < -0.39 is 0 Å². The van der Waals surface area contributed by atoms with Crippen LogP contribution in [0.1, 0.15) is 57.4 Å². The standard InChI is InChI=1S/C24H33N3O3/c1-2-30-22(29)27-16-13-23(17-27)11-14-26(15-12-23)18-7-9-24(10-8-18)19-5-3-4-6-20(19)25-21(24)28/h3-6,18H,2,7-17H2,1H3,(H,25,28). The van der Waals surface area contributed by atoms with Gasteiger partial charge in [-0.05, 0) is 82.0 Å². The number of hydrogen-bond donors (Lipinski definition) is 1. The Kier molecular flexibility index (Phi) is 5.00. The third-order valence-corrected chi connectivity index (χ3v) is 8.27. The first-order valence-corrected chi connectivity index (χ1v) is 11.6. The van der Waals surface area contributed by atoms with Gasteiger partial charge in [-0.3, -0.25) is 4.79 Å². The zero-order valence-corrected chi connectivity index (χ0v) is 18.0. The predicted molar refractivity (Wildman–Crippen MR) is 115 cm³/mol. The van der Waals surface area contributed by atoms with Crippen LogP contribution in [0.5, 0.6) is 0 Å². The molecular weight excluding hydrogens is 378 g/mol.